The van der Waals surface area contributed by atoms with Gasteiger partial charge in [0.15, 0.2) is 0 Å². The van der Waals surface area contributed by atoms with Crippen LogP contribution in [0.4, 0.5) is 0 Å². The Morgan fingerprint density at radius 2 is 1.44 bits per heavy atom. The van der Waals surface area contributed by atoms with Gasteiger partial charge in [-0.25, -0.2) is 0 Å². The van der Waals surface area contributed by atoms with Gasteiger partial charge in [0.2, 0.25) is 0 Å². The monoisotopic (exact) mass is 204 g/mol. The first-order chi connectivity index (χ1) is 7.81. The zero-order chi connectivity index (χ0) is 11.0. The van der Waals surface area contributed by atoms with E-state index in [0.717, 1.165) is 6.42 Å². The van der Waals surface area contributed by atoms with Crippen LogP contribution in [0.5, 0.6) is 0 Å². The maximum absolute atomic E-state index is 6.44. The van der Waals surface area contributed by atoms with E-state index in [-0.39, 0.29) is 5.31 Å². The van der Waals surface area contributed by atoms with Crippen LogP contribution in [0.1, 0.15) is 23.5 Å². The maximum atomic E-state index is 6.44. The molecule has 0 heterocycles. The molecule has 0 nitrogen and oxygen atoms in total. The van der Waals surface area contributed by atoms with Crippen LogP contribution >= 0.6 is 0 Å². The molecule has 0 spiro atoms. The molecule has 0 saturated heterocycles. The zero-order valence-corrected chi connectivity index (χ0v) is 9.14. The third kappa shape index (κ3) is 1.47. The Balaban J connectivity index is 1.90. The average molecular weight is 204 g/mol. The highest BCUT2D eigenvalue weighted by atomic mass is 14.5. The summed E-state index contributed by atoms with van der Waals surface area (Å²) in [6.45, 7) is 0. The van der Waals surface area contributed by atoms with Crippen molar-refractivity contribution in [3.63, 3.8) is 0 Å². The zero-order valence-electron chi connectivity index (χ0n) is 9.14. The average Bonchev–Trinajstić information content (AvgIpc) is 3.06. The molecule has 0 aromatic heterocycles. The van der Waals surface area contributed by atoms with Crippen molar-refractivity contribution >= 4 is 7.85 Å². The van der Waals surface area contributed by atoms with Crippen LogP contribution in [-0.2, 0) is 5.31 Å². The Kier molecular flexibility index (Phi) is 2.13. The summed E-state index contributed by atoms with van der Waals surface area (Å²) >= 11 is 0. The second kappa shape index (κ2) is 3.52. The van der Waals surface area contributed by atoms with E-state index < -0.39 is 0 Å². The number of benzene rings is 2. The van der Waals surface area contributed by atoms with Crippen molar-refractivity contribution < 1.29 is 0 Å². The summed E-state index contributed by atoms with van der Waals surface area (Å²) in [5, 5.41) is -0.136. The molecule has 16 heavy (non-hydrogen) atoms. The fraction of sp³-hybridized carbons (Fsp3) is 0.200. The predicted molar refractivity (Wildman–Crippen MR) is 67.7 cm³/mol. The van der Waals surface area contributed by atoms with Crippen LogP contribution < -0.4 is 0 Å². The lowest BCUT2D eigenvalue weighted by molar-refractivity contribution is 0.940. The van der Waals surface area contributed by atoms with Crippen LogP contribution in [0.15, 0.2) is 60.7 Å². The Bertz CT molecular complexity index is 477. The van der Waals surface area contributed by atoms with Crippen molar-refractivity contribution in [2.45, 2.75) is 17.7 Å². The molecule has 2 aromatic carbocycles. The van der Waals surface area contributed by atoms with Gasteiger partial charge in [-0.1, -0.05) is 60.7 Å². The van der Waals surface area contributed by atoms with Crippen molar-refractivity contribution in [2.24, 2.45) is 0 Å². The third-order valence-corrected chi connectivity index (χ3v) is 3.52. The van der Waals surface area contributed by atoms with Gasteiger partial charge in [0.25, 0.3) is 0 Å². The smallest absolute Gasteiger partial charge is 0.0622 e. The molecule has 0 bridgehead atoms. The molecule has 2 aromatic rings. The van der Waals surface area contributed by atoms with Crippen LogP contribution in [0, 0.1) is 0 Å². The van der Waals surface area contributed by atoms with Crippen molar-refractivity contribution in [1.29, 1.82) is 0 Å². The summed E-state index contributed by atoms with van der Waals surface area (Å²) in [4.78, 5) is 0. The topological polar surface area (TPSA) is 0 Å². The fourth-order valence-corrected chi connectivity index (χ4v) is 2.45. The summed E-state index contributed by atoms with van der Waals surface area (Å²) in [6.07, 6.45) is 1.06. The molecule has 2 atom stereocenters. The molecule has 2 unspecified atom stereocenters. The van der Waals surface area contributed by atoms with E-state index in [1.54, 1.807) is 0 Å². The largest absolute Gasteiger partial charge is 0.0819 e. The van der Waals surface area contributed by atoms with E-state index in [9.17, 15) is 0 Å². The normalized spacial score (nSPS) is 27.6. The van der Waals surface area contributed by atoms with E-state index in [2.05, 4.69) is 48.5 Å². The van der Waals surface area contributed by atoms with Gasteiger partial charge in [-0.3, -0.25) is 0 Å². The van der Waals surface area contributed by atoms with E-state index in [1.165, 1.54) is 11.1 Å². The lowest BCUT2D eigenvalue weighted by Crippen LogP contribution is -2.08. The van der Waals surface area contributed by atoms with Gasteiger partial charge in [0.05, 0.1) is 7.85 Å². The molecule has 1 saturated carbocycles. The molecule has 0 amide bonds. The third-order valence-electron chi connectivity index (χ3n) is 3.52. The minimum Gasteiger partial charge on any atom is -0.0622 e. The van der Waals surface area contributed by atoms with Crippen LogP contribution in [0.3, 0.4) is 0 Å². The first kappa shape index (κ1) is 9.71. The molecule has 0 aliphatic heterocycles. The molecule has 1 fully saturated rings. The number of hydrogen-bond acceptors (Lipinski definition) is 0. The van der Waals surface area contributed by atoms with Gasteiger partial charge in [0.1, 0.15) is 0 Å². The minimum atomic E-state index is -0.136. The van der Waals surface area contributed by atoms with Crippen molar-refractivity contribution in [3.8, 4) is 0 Å². The SMILES string of the molecule is [B]C1(c2ccccc2)CC1c1ccccc1. The quantitative estimate of drug-likeness (QED) is 0.658. The predicted octanol–water partition coefficient (Wildman–Crippen LogP) is 3.24. The molecule has 1 heteroatoms. The molecular weight excluding hydrogens is 191 g/mol. The van der Waals surface area contributed by atoms with Gasteiger partial charge >= 0.3 is 0 Å². The summed E-state index contributed by atoms with van der Waals surface area (Å²) in [5.74, 6) is 0.482. The van der Waals surface area contributed by atoms with Gasteiger partial charge < -0.3 is 0 Å². The fourth-order valence-electron chi connectivity index (χ4n) is 2.45. The van der Waals surface area contributed by atoms with Crippen molar-refractivity contribution in [1.82, 2.24) is 0 Å². The van der Waals surface area contributed by atoms with Gasteiger partial charge in [-0.05, 0) is 28.8 Å². The molecule has 2 radical (unpaired) electrons. The van der Waals surface area contributed by atoms with Gasteiger partial charge in [-0.15, -0.1) is 0 Å². The Hall–Kier alpha value is -1.50. The first-order valence-electron chi connectivity index (χ1n) is 5.70. The summed E-state index contributed by atoms with van der Waals surface area (Å²) < 4.78 is 0. The summed E-state index contributed by atoms with van der Waals surface area (Å²) in [7, 11) is 6.44. The molecule has 0 N–H and O–H groups in total. The van der Waals surface area contributed by atoms with Crippen LogP contribution in [0.25, 0.3) is 0 Å². The van der Waals surface area contributed by atoms with Crippen molar-refractivity contribution in [2.75, 3.05) is 0 Å². The lowest BCUT2D eigenvalue weighted by Gasteiger charge is -2.12. The lowest BCUT2D eigenvalue weighted by atomic mass is 9.74. The number of hydrogen-bond donors (Lipinski definition) is 0. The van der Waals surface area contributed by atoms with Gasteiger partial charge in [0, 0.05) is 0 Å². The van der Waals surface area contributed by atoms with E-state index >= 15 is 0 Å². The second-order valence-electron chi connectivity index (χ2n) is 4.57. The summed E-state index contributed by atoms with van der Waals surface area (Å²) in [6, 6.07) is 21.0. The van der Waals surface area contributed by atoms with Gasteiger partial charge in [-0.2, -0.15) is 0 Å². The first-order valence-corrected chi connectivity index (χ1v) is 5.70. The molecular formula is C15H13B. The van der Waals surface area contributed by atoms with E-state index in [1.807, 2.05) is 12.1 Å². The Morgan fingerprint density at radius 1 is 0.875 bits per heavy atom. The van der Waals surface area contributed by atoms with Crippen LogP contribution in [0.2, 0.25) is 0 Å². The molecule has 1 aliphatic carbocycles. The van der Waals surface area contributed by atoms with Crippen LogP contribution in [-0.4, -0.2) is 7.85 Å². The highest BCUT2D eigenvalue weighted by Gasteiger charge is 2.50. The second-order valence-corrected chi connectivity index (χ2v) is 4.57. The van der Waals surface area contributed by atoms with Crippen molar-refractivity contribution in [3.05, 3.63) is 71.8 Å². The maximum Gasteiger partial charge on any atom is 0.0819 e. The number of rotatable bonds is 2. The molecule has 76 valence electrons. The molecule has 3 rings (SSSR count). The summed E-state index contributed by atoms with van der Waals surface area (Å²) in [5.41, 5.74) is 2.61. The van der Waals surface area contributed by atoms with E-state index in [4.69, 9.17) is 7.85 Å². The highest BCUT2D eigenvalue weighted by molar-refractivity contribution is 6.19. The highest BCUT2D eigenvalue weighted by Crippen LogP contribution is 2.57. The Morgan fingerprint density at radius 3 is 2.06 bits per heavy atom. The Labute approximate surface area is 97.7 Å². The molecule has 1 aliphatic rings. The van der Waals surface area contributed by atoms with E-state index in [0.29, 0.717) is 5.92 Å². The minimum absolute atomic E-state index is 0.136. The standard InChI is InChI=1S/C15H13B/c16-15(13-9-5-2-6-10-13)11-14(15)12-7-3-1-4-8-12/h1-10,14H,11H2.